The Kier molecular flexibility index (Phi) is 1.93. The molecule has 2 rings (SSSR count). The molecule has 2 aliphatic rings. The normalized spacial score (nSPS) is 34.4. The van der Waals surface area contributed by atoms with Crippen LogP contribution in [0.5, 0.6) is 0 Å². The highest BCUT2D eigenvalue weighted by atomic mass is 16.1. The number of nitrogens with two attached hydrogens (primary N) is 1. The smallest absolute Gasteiger partial charge is 0.154 e. The summed E-state index contributed by atoms with van der Waals surface area (Å²) in [6.07, 6.45) is 3.91. The molecule has 0 aromatic rings. The standard InChI is InChI=1S/C9H16N2O/c10-5-2-8(12)9-3-1-6-11(9)7-4-9/h1-7,10H2. The van der Waals surface area contributed by atoms with E-state index < -0.39 is 0 Å². The van der Waals surface area contributed by atoms with E-state index in [1.165, 1.54) is 6.42 Å². The van der Waals surface area contributed by atoms with Gasteiger partial charge in [0.15, 0.2) is 5.78 Å². The maximum absolute atomic E-state index is 11.7. The first-order chi connectivity index (χ1) is 5.79. The predicted octanol–water partition coefficient (Wildman–Crippen LogP) is 0.143. The molecule has 0 saturated carbocycles. The van der Waals surface area contributed by atoms with E-state index in [9.17, 15) is 4.79 Å². The van der Waals surface area contributed by atoms with Crippen molar-refractivity contribution >= 4 is 5.78 Å². The Labute approximate surface area is 72.9 Å². The van der Waals surface area contributed by atoms with Gasteiger partial charge in [0.05, 0.1) is 5.54 Å². The lowest BCUT2D eigenvalue weighted by Gasteiger charge is -2.46. The highest BCUT2D eigenvalue weighted by Gasteiger charge is 2.52. The van der Waals surface area contributed by atoms with Crippen LogP contribution in [0.15, 0.2) is 0 Å². The number of carbonyl (C=O) groups excluding carboxylic acids is 1. The third-order valence-corrected chi connectivity index (χ3v) is 3.31. The summed E-state index contributed by atoms with van der Waals surface area (Å²) in [6, 6.07) is 0. The molecule has 0 amide bonds. The Morgan fingerprint density at radius 1 is 1.42 bits per heavy atom. The Bertz CT molecular complexity index is 205. The second-order valence-corrected chi connectivity index (χ2v) is 3.83. The molecule has 2 heterocycles. The van der Waals surface area contributed by atoms with Crippen LogP contribution in [0.1, 0.15) is 25.7 Å². The van der Waals surface area contributed by atoms with Crippen molar-refractivity contribution in [2.24, 2.45) is 5.73 Å². The molecular weight excluding hydrogens is 152 g/mol. The van der Waals surface area contributed by atoms with Crippen molar-refractivity contribution in [3.63, 3.8) is 0 Å². The molecule has 2 N–H and O–H groups in total. The van der Waals surface area contributed by atoms with Crippen molar-refractivity contribution in [3.8, 4) is 0 Å². The van der Waals surface area contributed by atoms with Gasteiger partial charge in [0.25, 0.3) is 0 Å². The topological polar surface area (TPSA) is 46.3 Å². The number of ketones is 1. The van der Waals surface area contributed by atoms with Crippen molar-refractivity contribution in [1.82, 2.24) is 4.90 Å². The van der Waals surface area contributed by atoms with Crippen LogP contribution in [-0.4, -0.2) is 35.9 Å². The first-order valence-corrected chi connectivity index (χ1v) is 4.78. The molecule has 0 spiro atoms. The fraction of sp³-hybridized carbons (Fsp3) is 0.889. The van der Waals surface area contributed by atoms with E-state index in [0.717, 1.165) is 25.9 Å². The fourth-order valence-electron chi connectivity index (χ4n) is 2.53. The van der Waals surface area contributed by atoms with Crippen LogP contribution in [-0.2, 0) is 4.79 Å². The van der Waals surface area contributed by atoms with Crippen LogP contribution >= 0.6 is 0 Å². The largest absolute Gasteiger partial charge is 0.330 e. The van der Waals surface area contributed by atoms with Gasteiger partial charge < -0.3 is 5.73 Å². The second kappa shape index (κ2) is 2.82. The summed E-state index contributed by atoms with van der Waals surface area (Å²) in [5.41, 5.74) is 5.34. The van der Waals surface area contributed by atoms with Gasteiger partial charge in [-0.2, -0.15) is 0 Å². The van der Waals surface area contributed by atoms with Crippen molar-refractivity contribution in [2.75, 3.05) is 19.6 Å². The van der Waals surface area contributed by atoms with Crippen molar-refractivity contribution < 1.29 is 4.79 Å². The molecule has 1 atom stereocenters. The van der Waals surface area contributed by atoms with Crippen LogP contribution in [0, 0.1) is 0 Å². The van der Waals surface area contributed by atoms with Gasteiger partial charge in [0.1, 0.15) is 0 Å². The summed E-state index contributed by atoms with van der Waals surface area (Å²) < 4.78 is 0. The van der Waals surface area contributed by atoms with E-state index in [4.69, 9.17) is 5.73 Å². The summed E-state index contributed by atoms with van der Waals surface area (Å²) >= 11 is 0. The zero-order chi connectivity index (χ0) is 8.60. The lowest BCUT2D eigenvalue weighted by atomic mass is 9.80. The Hall–Kier alpha value is -0.410. The van der Waals surface area contributed by atoms with Gasteiger partial charge in [-0.3, -0.25) is 9.69 Å². The average Bonchev–Trinajstić information content (AvgIpc) is 2.29. The third kappa shape index (κ3) is 0.930. The molecule has 3 nitrogen and oxygen atoms in total. The Balaban J connectivity index is 2.05. The number of Topliss-reactive ketones (excluding diaryl/α,β-unsaturated/α-hetero) is 1. The molecule has 1 unspecified atom stereocenters. The predicted molar refractivity (Wildman–Crippen MR) is 46.8 cm³/mol. The molecule has 0 aromatic heterocycles. The van der Waals surface area contributed by atoms with E-state index in [0.29, 0.717) is 18.7 Å². The number of fused-ring (bicyclic) bond motifs is 1. The summed E-state index contributed by atoms with van der Waals surface area (Å²) in [5.74, 6) is 0.383. The molecule has 12 heavy (non-hydrogen) atoms. The van der Waals surface area contributed by atoms with E-state index in [-0.39, 0.29) is 5.54 Å². The van der Waals surface area contributed by atoms with E-state index >= 15 is 0 Å². The molecular formula is C9H16N2O. The van der Waals surface area contributed by atoms with E-state index in [2.05, 4.69) is 4.90 Å². The molecule has 0 bridgehead atoms. The first kappa shape index (κ1) is 8.20. The first-order valence-electron chi connectivity index (χ1n) is 4.78. The molecule has 2 aliphatic heterocycles. The Morgan fingerprint density at radius 2 is 2.25 bits per heavy atom. The number of nitrogens with zero attached hydrogens (tertiary/aromatic N) is 1. The van der Waals surface area contributed by atoms with Crippen LogP contribution in [0.4, 0.5) is 0 Å². The molecule has 3 heteroatoms. The molecule has 2 fully saturated rings. The minimum absolute atomic E-state index is 0.0423. The Morgan fingerprint density at radius 3 is 2.75 bits per heavy atom. The second-order valence-electron chi connectivity index (χ2n) is 3.83. The van der Waals surface area contributed by atoms with Crippen molar-refractivity contribution in [3.05, 3.63) is 0 Å². The third-order valence-electron chi connectivity index (χ3n) is 3.31. The molecule has 0 aromatic carbocycles. The molecule has 0 aliphatic carbocycles. The molecule has 0 radical (unpaired) electrons. The summed E-state index contributed by atoms with van der Waals surface area (Å²) in [5, 5.41) is 0. The zero-order valence-electron chi connectivity index (χ0n) is 7.38. The van der Waals surface area contributed by atoms with Crippen LogP contribution < -0.4 is 5.73 Å². The zero-order valence-corrected chi connectivity index (χ0v) is 7.38. The SMILES string of the molecule is NCCC(=O)C12CCCN1CC2. The van der Waals surface area contributed by atoms with Gasteiger partial charge in [0.2, 0.25) is 0 Å². The minimum atomic E-state index is -0.0423. The maximum atomic E-state index is 11.7. The van der Waals surface area contributed by atoms with E-state index in [1.807, 2.05) is 0 Å². The maximum Gasteiger partial charge on any atom is 0.154 e. The minimum Gasteiger partial charge on any atom is -0.330 e. The lowest BCUT2D eigenvalue weighted by Crippen LogP contribution is -2.60. The highest BCUT2D eigenvalue weighted by molar-refractivity contribution is 5.89. The highest BCUT2D eigenvalue weighted by Crippen LogP contribution is 2.41. The van der Waals surface area contributed by atoms with Crippen LogP contribution in [0.2, 0.25) is 0 Å². The summed E-state index contributed by atoms with van der Waals surface area (Å²) in [4.78, 5) is 14.0. The van der Waals surface area contributed by atoms with Gasteiger partial charge in [-0.25, -0.2) is 0 Å². The van der Waals surface area contributed by atoms with Gasteiger partial charge in [-0.05, 0) is 32.4 Å². The van der Waals surface area contributed by atoms with Gasteiger partial charge >= 0.3 is 0 Å². The monoisotopic (exact) mass is 168 g/mol. The van der Waals surface area contributed by atoms with Gasteiger partial charge in [-0.1, -0.05) is 0 Å². The van der Waals surface area contributed by atoms with Gasteiger partial charge in [-0.15, -0.1) is 0 Å². The average molecular weight is 168 g/mol. The molecule has 2 saturated heterocycles. The van der Waals surface area contributed by atoms with Gasteiger partial charge in [0, 0.05) is 13.0 Å². The number of carbonyl (C=O) groups is 1. The van der Waals surface area contributed by atoms with E-state index in [1.54, 1.807) is 0 Å². The quantitative estimate of drug-likeness (QED) is 0.652. The lowest BCUT2D eigenvalue weighted by molar-refractivity contribution is -0.136. The van der Waals surface area contributed by atoms with Crippen LogP contribution in [0.3, 0.4) is 0 Å². The molecule has 68 valence electrons. The van der Waals surface area contributed by atoms with Crippen LogP contribution in [0.25, 0.3) is 0 Å². The number of hydrogen-bond acceptors (Lipinski definition) is 3. The number of hydrogen-bond donors (Lipinski definition) is 1. The number of rotatable bonds is 3. The fourth-order valence-corrected chi connectivity index (χ4v) is 2.53. The van der Waals surface area contributed by atoms with Crippen molar-refractivity contribution in [2.45, 2.75) is 31.2 Å². The summed E-state index contributed by atoms with van der Waals surface area (Å²) in [6.45, 7) is 2.75. The van der Waals surface area contributed by atoms with Crippen molar-refractivity contribution in [1.29, 1.82) is 0 Å². The summed E-state index contributed by atoms with van der Waals surface area (Å²) in [7, 11) is 0.